The topological polar surface area (TPSA) is 26.3 Å². The number of hydrogen-bond donors (Lipinski definition) is 0. The van der Waals surface area contributed by atoms with Crippen molar-refractivity contribution in [2.24, 2.45) is 0 Å². The SMILES string of the molecule is COC(=O)c1cc(C)ccc1C#Cc1ccc(C)cc1. The van der Waals surface area contributed by atoms with Crippen LogP contribution in [0.15, 0.2) is 42.5 Å². The minimum absolute atomic E-state index is 0.359. The van der Waals surface area contributed by atoms with E-state index < -0.39 is 0 Å². The van der Waals surface area contributed by atoms with Crippen LogP contribution in [0.2, 0.25) is 0 Å². The van der Waals surface area contributed by atoms with Crippen molar-refractivity contribution in [1.82, 2.24) is 0 Å². The number of aryl methyl sites for hydroxylation is 2. The Morgan fingerprint density at radius 1 is 0.950 bits per heavy atom. The minimum Gasteiger partial charge on any atom is -0.465 e. The van der Waals surface area contributed by atoms with Crippen molar-refractivity contribution in [2.45, 2.75) is 13.8 Å². The number of rotatable bonds is 1. The van der Waals surface area contributed by atoms with Crippen LogP contribution in [0.1, 0.15) is 32.6 Å². The predicted molar refractivity (Wildman–Crippen MR) is 79.7 cm³/mol. The van der Waals surface area contributed by atoms with Gasteiger partial charge < -0.3 is 4.74 Å². The van der Waals surface area contributed by atoms with Gasteiger partial charge in [-0.05, 0) is 38.1 Å². The summed E-state index contributed by atoms with van der Waals surface area (Å²) in [5.74, 6) is 5.75. The maximum atomic E-state index is 11.8. The van der Waals surface area contributed by atoms with Crippen molar-refractivity contribution < 1.29 is 9.53 Å². The van der Waals surface area contributed by atoms with E-state index in [4.69, 9.17) is 4.74 Å². The smallest absolute Gasteiger partial charge is 0.339 e. The second-order valence-electron chi connectivity index (χ2n) is 4.66. The number of esters is 1. The van der Waals surface area contributed by atoms with Gasteiger partial charge in [-0.15, -0.1) is 0 Å². The Labute approximate surface area is 119 Å². The van der Waals surface area contributed by atoms with Gasteiger partial charge in [-0.25, -0.2) is 4.79 Å². The molecule has 0 heterocycles. The molecule has 2 aromatic rings. The quantitative estimate of drug-likeness (QED) is 0.582. The Bertz CT molecular complexity index is 686. The van der Waals surface area contributed by atoms with Gasteiger partial charge in [0, 0.05) is 11.1 Å². The summed E-state index contributed by atoms with van der Waals surface area (Å²) >= 11 is 0. The molecule has 0 atom stereocenters. The molecule has 0 unspecified atom stereocenters. The predicted octanol–water partition coefficient (Wildman–Crippen LogP) is 3.49. The van der Waals surface area contributed by atoms with Crippen LogP contribution in [0.5, 0.6) is 0 Å². The van der Waals surface area contributed by atoms with Crippen LogP contribution in [0.25, 0.3) is 0 Å². The standard InChI is InChI=1S/C18H16O2/c1-13-4-7-15(8-5-13)9-11-16-10-6-14(2)12-17(16)18(19)20-3/h4-8,10,12H,1-3H3. The van der Waals surface area contributed by atoms with E-state index in [0.29, 0.717) is 11.1 Å². The monoisotopic (exact) mass is 264 g/mol. The molecule has 0 fully saturated rings. The van der Waals surface area contributed by atoms with Crippen LogP contribution >= 0.6 is 0 Å². The Balaban J connectivity index is 2.39. The van der Waals surface area contributed by atoms with Crippen LogP contribution in [-0.2, 0) is 4.74 Å². The molecule has 0 saturated carbocycles. The first-order valence-electron chi connectivity index (χ1n) is 6.38. The Morgan fingerprint density at radius 3 is 2.25 bits per heavy atom. The van der Waals surface area contributed by atoms with Crippen molar-refractivity contribution in [3.05, 3.63) is 70.3 Å². The van der Waals surface area contributed by atoms with Gasteiger partial charge in [0.05, 0.1) is 12.7 Å². The van der Waals surface area contributed by atoms with Gasteiger partial charge in [0.25, 0.3) is 0 Å². The van der Waals surface area contributed by atoms with E-state index in [9.17, 15) is 4.79 Å². The summed E-state index contributed by atoms with van der Waals surface area (Å²) in [5.41, 5.74) is 4.31. The molecule has 2 rings (SSSR count). The molecule has 0 saturated heterocycles. The Hall–Kier alpha value is -2.53. The molecule has 0 spiro atoms. The molecule has 0 N–H and O–H groups in total. The summed E-state index contributed by atoms with van der Waals surface area (Å²) in [7, 11) is 1.38. The van der Waals surface area contributed by atoms with Crippen molar-refractivity contribution in [3.63, 3.8) is 0 Å². The highest BCUT2D eigenvalue weighted by Gasteiger charge is 2.10. The fraction of sp³-hybridized carbons (Fsp3) is 0.167. The highest BCUT2D eigenvalue weighted by Crippen LogP contribution is 2.12. The number of hydrogen-bond acceptors (Lipinski definition) is 2. The highest BCUT2D eigenvalue weighted by atomic mass is 16.5. The first-order chi connectivity index (χ1) is 9.60. The van der Waals surface area contributed by atoms with Gasteiger partial charge in [-0.2, -0.15) is 0 Å². The lowest BCUT2D eigenvalue weighted by atomic mass is 10.0. The zero-order chi connectivity index (χ0) is 14.5. The molecule has 0 amide bonds. The summed E-state index contributed by atoms with van der Waals surface area (Å²) in [4.78, 5) is 11.8. The molecule has 2 heteroatoms. The van der Waals surface area contributed by atoms with Crippen molar-refractivity contribution in [3.8, 4) is 11.8 Å². The Morgan fingerprint density at radius 2 is 1.60 bits per heavy atom. The number of methoxy groups -OCH3 is 1. The van der Waals surface area contributed by atoms with Gasteiger partial charge in [-0.3, -0.25) is 0 Å². The summed E-state index contributed by atoms with van der Waals surface area (Å²) in [6.45, 7) is 3.97. The minimum atomic E-state index is -0.359. The van der Waals surface area contributed by atoms with E-state index >= 15 is 0 Å². The van der Waals surface area contributed by atoms with Crippen molar-refractivity contribution in [1.29, 1.82) is 0 Å². The lowest BCUT2D eigenvalue weighted by molar-refractivity contribution is 0.0600. The highest BCUT2D eigenvalue weighted by molar-refractivity contribution is 5.92. The molecule has 2 nitrogen and oxygen atoms in total. The number of carbonyl (C=O) groups is 1. The van der Waals surface area contributed by atoms with Crippen molar-refractivity contribution in [2.75, 3.05) is 7.11 Å². The molecule has 100 valence electrons. The van der Waals surface area contributed by atoms with Crippen LogP contribution in [0.4, 0.5) is 0 Å². The molecule has 2 aromatic carbocycles. The molecule has 0 radical (unpaired) electrons. The summed E-state index contributed by atoms with van der Waals surface area (Å²) in [6, 6.07) is 13.5. The molecule has 0 aromatic heterocycles. The van der Waals surface area contributed by atoms with Crippen LogP contribution in [0, 0.1) is 25.7 Å². The normalized spacial score (nSPS) is 9.55. The molecule has 20 heavy (non-hydrogen) atoms. The summed E-state index contributed by atoms with van der Waals surface area (Å²) in [5, 5.41) is 0. The molecule has 0 aliphatic carbocycles. The molecular weight excluding hydrogens is 248 g/mol. The first kappa shape index (κ1) is 13.9. The third kappa shape index (κ3) is 3.27. The first-order valence-corrected chi connectivity index (χ1v) is 6.38. The molecule has 0 aliphatic heterocycles. The van der Waals surface area contributed by atoms with Gasteiger partial charge >= 0.3 is 5.97 Å². The third-order valence-corrected chi connectivity index (χ3v) is 2.97. The van der Waals surface area contributed by atoms with E-state index in [0.717, 1.165) is 11.1 Å². The number of carbonyl (C=O) groups excluding carboxylic acids is 1. The van der Waals surface area contributed by atoms with Crippen LogP contribution in [0.3, 0.4) is 0 Å². The van der Waals surface area contributed by atoms with Gasteiger partial charge in [0.15, 0.2) is 0 Å². The zero-order valence-corrected chi connectivity index (χ0v) is 11.9. The van der Waals surface area contributed by atoms with Gasteiger partial charge in [0.1, 0.15) is 0 Å². The van der Waals surface area contributed by atoms with E-state index in [1.807, 2.05) is 50.2 Å². The van der Waals surface area contributed by atoms with E-state index in [2.05, 4.69) is 11.8 Å². The summed E-state index contributed by atoms with van der Waals surface area (Å²) in [6.07, 6.45) is 0. The number of benzene rings is 2. The van der Waals surface area contributed by atoms with E-state index in [1.165, 1.54) is 12.7 Å². The summed E-state index contributed by atoms with van der Waals surface area (Å²) < 4.78 is 4.79. The number of ether oxygens (including phenoxy) is 1. The maximum Gasteiger partial charge on any atom is 0.339 e. The molecule has 0 aliphatic rings. The maximum absolute atomic E-state index is 11.8. The second kappa shape index (κ2) is 6.08. The van der Waals surface area contributed by atoms with Crippen LogP contribution < -0.4 is 0 Å². The van der Waals surface area contributed by atoms with Gasteiger partial charge in [-0.1, -0.05) is 41.2 Å². The van der Waals surface area contributed by atoms with Gasteiger partial charge in [0.2, 0.25) is 0 Å². The lowest BCUT2D eigenvalue weighted by Crippen LogP contribution is -2.04. The van der Waals surface area contributed by atoms with Crippen molar-refractivity contribution >= 4 is 5.97 Å². The average molecular weight is 264 g/mol. The third-order valence-electron chi connectivity index (χ3n) is 2.97. The molecule has 0 bridgehead atoms. The van der Waals surface area contributed by atoms with E-state index in [-0.39, 0.29) is 5.97 Å². The zero-order valence-electron chi connectivity index (χ0n) is 11.9. The fourth-order valence-electron chi connectivity index (χ4n) is 1.82. The lowest BCUT2D eigenvalue weighted by Gasteiger charge is -2.03. The average Bonchev–Trinajstić information content (AvgIpc) is 2.46. The largest absolute Gasteiger partial charge is 0.465 e. The van der Waals surface area contributed by atoms with E-state index in [1.54, 1.807) is 6.07 Å². The Kier molecular flexibility index (Phi) is 4.22. The van der Waals surface area contributed by atoms with Crippen LogP contribution in [-0.4, -0.2) is 13.1 Å². The fourth-order valence-corrected chi connectivity index (χ4v) is 1.82. The second-order valence-corrected chi connectivity index (χ2v) is 4.66. The molecular formula is C18H16O2.